The van der Waals surface area contributed by atoms with Crippen LogP contribution in [0.15, 0.2) is 24.3 Å². The number of amides is 1. The second-order valence-corrected chi connectivity index (χ2v) is 7.98. The molecule has 1 heterocycles. The van der Waals surface area contributed by atoms with Gasteiger partial charge < -0.3 is 4.90 Å². The lowest BCUT2D eigenvalue weighted by Gasteiger charge is -2.22. The van der Waals surface area contributed by atoms with Gasteiger partial charge in [-0.05, 0) is 30.5 Å². The highest BCUT2D eigenvalue weighted by Gasteiger charge is 2.22. The summed E-state index contributed by atoms with van der Waals surface area (Å²) < 4.78 is 25.2. The topological polar surface area (TPSA) is 57.7 Å². The van der Waals surface area contributed by atoms with Gasteiger partial charge in [0.25, 0.3) is 0 Å². The summed E-state index contributed by atoms with van der Waals surface area (Å²) in [6.07, 6.45) is 3.46. The third kappa shape index (κ3) is 4.97. The Morgan fingerprint density at radius 2 is 1.82 bits per heavy atom. The first-order valence-corrected chi connectivity index (χ1v) is 9.56. The maximum atomic E-state index is 12.1. The zero-order valence-electron chi connectivity index (χ0n) is 12.7. The molecule has 5 nitrogen and oxygen atoms in total. The molecule has 0 N–H and O–H groups in total. The minimum atomic E-state index is -3.36. The van der Waals surface area contributed by atoms with Crippen LogP contribution >= 0.6 is 11.6 Å². The summed E-state index contributed by atoms with van der Waals surface area (Å²) in [4.78, 5) is 13.9. The molecule has 1 amide bonds. The van der Waals surface area contributed by atoms with E-state index in [2.05, 4.69) is 0 Å². The summed E-state index contributed by atoms with van der Waals surface area (Å²) in [6.45, 7) is 2.03. The number of sulfonamides is 1. The predicted octanol–water partition coefficient (Wildman–Crippen LogP) is 2.11. The fourth-order valence-electron chi connectivity index (χ4n) is 2.50. The molecular formula is C15H21ClN2O3S. The number of carbonyl (C=O) groups excluding carboxylic acids is 1. The summed E-state index contributed by atoms with van der Waals surface area (Å²) in [7, 11) is -3.36. The summed E-state index contributed by atoms with van der Waals surface area (Å²) in [5, 5.41) is 0.610. The molecule has 1 saturated heterocycles. The molecule has 0 saturated carbocycles. The van der Waals surface area contributed by atoms with Gasteiger partial charge in [0.1, 0.15) is 0 Å². The molecule has 1 aliphatic rings. The molecule has 0 spiro atoms. The normalized spacial score (nSPS) is 15.5. The van der Waals surface area contributed by atoms with Gasteiger partial charge in [-0.3, -0.25) is 4.79 Å². The second-order valence-electron chi connectivity index (χ2n) is 5.56. The Hall–Kier alpha value is -1.11. The smallest absolute Gasteiger partial charge is 0.223 e. The zero-order chi connectivity index (χ0) is 16.2. The van der Waals surface area contributed by atoms with Gasteiger partial charge in [0.05, 0.1) is 6.26 Å². The average Bonchev–Trinajstić information content (AvgIpc) is 2.98. The van der Waals surface area contributed by atoms with Gasteiger partial charge in [-0.1, -0.05) is 23.7 Å². The molecule has 2 rings (SSSR count). The standard InChI is InChI=1S/C15H21ClN2O3S/c1-22(20,21)18(12-13-4-6-14(16)7-5-13)11-8-15(19)17-9-2-3-10-17/h4-7H,2-3,8-12H2,1H3. The SMILES string of the molecule is CS(=O)(=O)N(CCC(=O)N1CCCC1)Cc1ccc(Cl)cc1. The lowest BCUT2D eigenvalue weighted by Crippen LogP contribution is -2.35. The van der Waals surface area contributed by atoms with Crippen molar-refractivity contribution in [1.29, 1.82) is 0 Å². The number of benzene rings is 1. The average molecular weight is 345 g/mol. The highest BCUT2D eigenvalue weighted by Crippen LogP contribution is 2.15. The van der Waals surface area contributed by atoms with E-state index in [1.165, 1.54) is 10.6 Å². The molecule has 0 aliphatic carbocycles. The lowest BCUT2D eigenvalue weighted by molar-refractivity contribution is -0.130. The van der Waals surface area contributed by atoms with Gasteiger partial charge in [-0.15, -0.1) is 0 Å². The van der Waals surface area contributed by atoms with Crippen LogP contribution in [0.2, 0.25) is 5.02 Å². The van der Waals surface area contributed by atoms with Crippen molar-refractivity contribution in [2.45, 2.75) is 25.8 Å². The molecule has 22 heavy (non-hydrogen) atoms. The van der Waals surface area contributed by atoms with Crippen LogP contribution in [0.4, 0.5) is 0 Å². The maximum absolute atomic E-state index is 12.1. The molecule has 0 unspecified atom stereocenters. The van der Waals surface area contributed by atoms with Gasteiger partial charge in [0, 0.05) is 37.6 Å². The third-order valence-corrected chi connectivity index (χ3v) is 5.28. The number of rotatable bonds is 6. The minimum Gasteiger partial charge on any atom is -0.343 e. The Kier molecular flexibility index (Phi) is 5.83. The van der Waals surface area contributed by atoms with E-state index in [-0.39, 0.29) is 25.4 Å². The van der Waals surface area contributed by atoms with Crippen molar-refractivity contribution >= 4 is 27.5 Å². The largest absolute Gasteiger partial charge is 0.343 e. The van der Waals surface area contributed by atoms with Crippen LogP contribution in [-0.4, -0.2) is 49.4 Å². The number of carbonyl (C=O) groups is 1. The van der Waals surface area contributed by atoms with E-state index in [1.54, 1.807) is 24.3 Å². The molecule has 7 heteroatoms. The molecular weight excluding hydrogens is 324 g/mol. The molecule has 122 valence electrons. The van der Waals surface area contributed by atoms with Crippen LogP contribution in [0.5, 0.6) is 0 Å². The van der Waals surface area contributed by atoms with Crippen molar-refractivity contribution in [3.8, 4) is 0 Å². The van der Waals surface area contributed by atoms with Crippen LogP contribution in [0.25, 0.3) is 0 Å². The fourth-order valence-corrected chi connectivity index (χ4v) is 3.43. The first-order valence-electron chi connectivity index (χ1n) is 7.33. The van der Waals surface area contributed by atoms with Crippen molar-refractivity contribution in [2.24, 2.45) is 0 Å². The van der Waals surface area contributed by atoms with Crippen molar-refractivity contribution in [3.63, 3.8) is 0 Å². The number of likely N-dealkylation sites (tertiary alicyclic amines) is 1. The van der Waals surface area contributed by atoms with Gasteiger partial charge in [-0.25, -0.2) is 8.42 Å². The minimum absolute atomic E-state index is 0.0299. The predicted molar refractivity (Wildman–Crippen MR) is 87.1 cm³/mol. The van der Waals surface area contributed by atoms with Crippen LogP contribution in [-0.2, 0) is 21.4 Å². The molecule has 1 fully saturated rings. The van der Waals surface area contributed by atoms with E-state index in [4.69, 9.17) is 11.6 Å². The first-order chi connectivity index (χ1) is 10.4. The summed E-state index contributed by atoms with van der Waals surface area (Å²) in [5.41, 5.74) is 0.850. The first kappa shape index (κ1) is 17.2. The molecule has 0 bridgehead atoms. The third-order valence-electron chi connectivity index (χ3n) is 3.78. The Bertz CT molecular complexity index is 610. The monoisotopic (exact) mass is 344 g/mol. The van der Waals surface area contributed by atoms with Gasteiger partial charge in [-0.2, -0.15) is 4.31 Å². The highest BCUT2D eigenvalue weighted by atomic mass is 35.5. The maximum Gasteiger partial charge on any atom is 0.223 e. The molecule has 1 aliphatic heterocycles. The summed E-state index contributed by atoms with van der Waals surface area (Å²) in [5.74, 6) is 0.0299. The van der Waals surface area contributed by atoms with E-state index >= 15 is 0 Å². The fraction of sp³-hybridized carbons (Fsp3) is 0.533. The van der Waals surface area contributed by atoms with E-state index in [1.807, 2.05) is 4.90 Å². The molecule has 0 radical (unpaired) electrons. The Morgan fingerprint density at radius 3 is 2.36 bits per heavy atom. The Morgan fingerprint density at radius 1 is 1.23 bits per heavy atom. The molecule has 1 aromatic carbocycles. The van der Waals surface area contributed by atoms with E-state index in [0.717, 1.165) is 31.5 Å². The number of hydrogen-bond acceptors (Lipinski definition) is 3. The molecule has 0 atom stereocenters. The number of hydrogen-bond donors (Lipinski definition) is 0. The van der Waals surface area contributed by atoms with Gasteiger partial charge in [0.2, 0.25) is 15.9 Å². The van der Waals surface area contributed by atoms with Crippen LogP contribution in [0.3, 0.4) is 0 Å². The highest BCUT2D eigenvalue weighted by molar-refractivity contribution is 7.88. The zero-order valence-corrected chi connectivity index (χ0v) is 14.2. The molecule has 0 aromatic heterocycles. The quantitative estimate of drug-likeness (QED) is 0.794. The van der Waals surface area contributed by atoms with Gasteiger partial charge >= 0.3 is 0 Å². The van der Waals surface area contributed by atoms with E-state index in [0.29, 0.717) is 5.02 Å². The van der Waals surface area contributed by atoms with Crippen molar-refractivity contribution in [1.82, 2.24) is 9.21 Å². The second kappa shape index (κ2) is 7.44. The van der Waals surface area contributed by atoms with Crippen molar-refractivity contribution in [3.05, 3.63) is 34.9 Å². The molecule has 1 aromatic rings. The van der Waals surface area contributed by atoms with Crippen molar-refractivity contribution in [2.75, 3.05) is 25.9 Å². The van der Waals surface area contributed by atoms with Gasteiger partial charge in [0.15, 0.2) is 0 Å². The number of nitrogens with zero attached hydrogens (tertiary/aromatic N) is 2. The van der Waals surface area contributed by atoms with E-state index < -0.39 is 10.0 Å². The number of halogens is 1. The van der Waals surface area contributed by atoms with Crippen molar-refractivity contribution < 1.29 is 13.2 Å². The Labute approximate surface area is 136 Å². The summed E-state index contributed by atoms with van der Waals surface area (Å²) >= 11 is 5.83. The van der Waals surface area contributed by atoms with Crippen LogP contribution < -0.4 is 0 Å². The Balaban J connectivity index is 1.97. The lowest BCUT2D eigenvalue weighted by atomic mass is 10.2. The van der Waals surface area contributed by atoms with Crippen LogP contribution in [0, 0.1) is 0 Å². The van der Waals surface area contributed by atoms with E-state index in [9.17, 15) is 13.2 Å². The van der Waals surface area contributed by atoms with Crippen LogP contribution in [0.1, 0.15) is 24.8 Å². The summed E-state index contributed by atoms with van der Waals surface area (Å²) in [6, 6.07) is 7.05.